The predicted molar refractivity (Wildman–Crippen MR) is 90.0 cm³/mol. The van der Waals surface area contributed by atoms with Crippen LogP contribution in [-0.4, -0.2) is 13.2 Å². The van der Waals surface area contributed by atoms with E-state index in [0.29, 0.717) is 0 Å². The second kappa shape index (κ2) is 6.30. The SMILES string of the molecule is Cc1cc(C)cc(NC(C)c2ccc3c(c2)OCCCO3)c1. The van der Waals surface area contributed by atoms with E-state index in [2.05, 4.69) is 56.4 Å². The van der Waals surface area contributed by atoms with Gasteiger partial charge < -0.3 is 14.8 Å². The molecule has 0 saturated carbocycles. The van der Waals surface area contributed by atoms with Crippen LogP contribution in [0.1, 0.15) is 36.1 Å². The molecule has 1 unspecified atom stereocenters. The van der Waals surface area contributed by atoms with Gasteiger partial charge >= 0.3 is 0 Å². The molecule has 0 amide bonds. The molecular weight excluding hydrogens is 274 g/mol. The summed E-state index contributed by atoms with van der Waals surface area (Å²) < 4.78 is 11.5. The zero-order valence-corrected chi connectivity index (χ0v) is 13.5. The van der Waals surface area contributed by atoms with Crippen molar-refractivity contribution in [3.63, 3.8) is 0 Å². The van der Waals surface area contributed by atoms with Gasteiger partial charge in [0.2, 0.25) is 0 Å². The number of aryl methyl sites for hydroxylation is 2. The zero-order valence-electron chi connectivity index (χ0n) is 13.5. The van der Waals surface area contributed by atoms with Gasteiger partial charge in [-0.2, -0.15) is 0 Å². The Morgan fingerprint density at radius 3 is 2.32 bits per heavy atom. The summed E-state index contributed by atoms with van der Waals surface area (Å²) in [5, 5.41) is 3.57. The van der Waals surface area contributed by atoms with Crippen molar-refractivity contribution in [2.45, 2.75) is 33.2 Å². The summed E-state index contributed by atoms with van der Waals surface area (Å²) in [5.74, 6) is 1.70. The molecule has 2 aromatic carbocycles. The van der Waals surface area contributed by atoms with E-state index in [9.17, 15) is 0 Å². The van der Waals surface area contributed by atoms with E-state index in [1.165, 1.54) is 16.7 Å². The maximum atomic E-state index is 5.77. The number of nitrogens with one attached hydrogen (secondary N) is 1. The number of ether oxygens (including phenoxy) is 2. The van der Waals surface area contributed by atoms with E-state index in [0.717, 1.165) is 36.8 Å². The summed E-state index contributed by atoms with van der Waals surface area (Å²) in [7, 11) is 0. The van der Waals surface area contributed by atoms with Crippen molar-refractivity contribution in [2.75, 3.05) is 18.5 Å². The van der Waals surface area contributed by atoms with Crippen LogP contribution in [0.25, 0.3) is 0 Å². The van der Waals surface area contributed by atoms with Crippen LogP contribution in [0.2, 0.25) is 0 Å². The Kier molecular flexibility index (Phi) is 4.23. The average Bonchev–Trinajstić information content (AvgIpc) is 2.70. The van der Waals surface area contributed by atoms with Gasteiger partial charge in [-0.1, -0.05) is 12.1 Å². The van der Waals surface area contributed by atoms with Gasteiger partial charge in [0.25, 0.3) is 0 Å². The molecule has 0 aliphatic carbocycles. The van der Waals surface area contributed by atoms with Crippen LogP contribution in [-0.2, 0) is 0 Å². The third-order valence-electron chi connectivity index (χ3n) is 3.88. The number of hydrogen-bond acceptors (Lipinski definition) is 3. The molecule has 0 radical (unpaired) electrons. The third kappa shape index (κ3) is 3.35. The van der Waals surface area contributed by atoms with E-state index < -0.39 is 0 Å². The van der Waals surface area contributed by atoms with Crippen molar-refractivity contribution in [3.8, 4) is 11.5 Å². The van der Waals surface area contributed by atoms with E-state index in [1.807, 2.05) is 6.07 Å². The van der Waals surface area contributed by atoms with Gasteiger partial charge in [-0.3, -0.25) is 0 Å². The Hall–Kier alpha value is -2.16. The topological polar surface area (TPSA) is 30.5 Å². The average molecular weight is 297 g/mol. The smallest absolute Gasteiger partial charge is 0.161 e. The molecule has 1 N–H and O–H groups in total. The molecule has 0 saturated heterocycles. The molecule has 1 aliphatic rings. The zero-order chi connectivity index (χ0) is 15.5. The van der Waals surface area contributed by atoms with Crippen molar-refractivity contribution in [3.05, 3.63) is 53.1 Å². The summed E-state index contributed by atoms with van der Waals surface area (Å²) in [6.45, 7) is 7.85. The van der Waals surface area contributed by atoms with Crippen molar-refractivity contribution >= 4 is 5.69 Å². The summed E-state index contributed by atoms with van der Waals surface area (Å²) in [4.78, 5) is 0. The van der Waals surface area contributed by atoms with E-state index >= 15 is 0 Å². The summed E-state index contributed by atoms with van der Waals surface area (Å²) in [6, 6.07) is 12.9. The first-order chi connectivity index (χ1) is 10.6. The fourth-order valence-electron chi connectivity index (χ4n) is 2.84. The van der Waals surface area contributed by atoms with E-state index in [4.69, 9.17) is 9.47 Å². The highest BCUT2D eigenvalue weighted by Gasteiger charge is 2.13. The third-order valence-corrected chi connectivity index (χ3v) is 3.88. The number of benzene rings is 2. The van der Waals surface area contributed by atoms with Crippen molar-refractivity contribution in [2.24, 2.45) is 0 Å². The van der Waals surface area contributed by atoms with Crippen LogP contribution in [0.5, 0.6) is 11.5 Å². The molecule has 3 rings (SSSR count). The molecule has 0 bridgehead atoms. The number of fused-ring (bicyclic) bond motifs is 1. The number of anilines is 1. The monoisotopic (exact) mass is 297 g/mol. The molecule has 1 atom stereocenters. The highest BCUT2D eigenvalue weighted by Crippen LogP contribution is 2.33. The largest absolute Gasteiger partial charge is 0.490 e. The lowest BCUT2D eigenvalue weighted by Crippen LogP contribution is -2.07. The standard InChI is InChI=1S/C19H23NO2/c1-13-9-14(2)11-17(10-13)20-15(3)16-5-6-18-19(12-16)22-8-4-7-21-18/h5-6,9-12,15,20H,4,7-8H2,1-3H3. The van der Waals surface area contributed by atoms with Gasteiger partial charge in [0.15, 0.2) is 11.5 Å². The van der Waals surface area contributed by atoms with Crippen molar-refractivity contribution in [1.82, 2.24) is 0 Å². The maximum absolute atomic E-state index is 5.77. The Morgan fingerprint density at radius 1 is 0.909 bits per heavy atom. The van der Waals surface area contributed by atoms with Crippen LogP contribution < -0.4 is 14.8 Å². The Morgan fingerprint density at radius 2 is 1.59 bits per heavy atom. The molecule has 0 aromatic heterocycles. The molecule has 3 heteroatoms. The molecule has 22 heavy (non-hydrogen) atoms. The lowest BCUT2D eigenvalue weighted by molar-refractivity contribution is 0.297. The minimum absolute atomic E-state index is 0.207. The van der Waals surface area contributed by atoms with Crippen molar-refractivity contribution < 1.29 is 9.47 Å². The molecule has 1 aliphatic heterocycles. The van der Waals surface area contributed by atoms with Gasteiger partial charge in [0, 0.05) is 18.2 Å². The molecular formula is C19H23NO2. The first-order valence-corrected chi connectivity index (χ1v) is 7.86. The van der Waals surface area contributed by atoms with Gasteiger partial charge in [-0.05, 0) is 61.7 Å². The Balaban J connectivity index is 1.80. The molecule has 3 nitrogen and oxygen atoms in total. The first-order valence-electron chi connectivity index (χ1n) is 7.86. The van der Waals surface area contributed by atoms with Crippen LogP contribution in [0, 0.1) is 13.8 Å². The first kappa shape index (κ1) is 14.8. The Labute approximate surface area is 132 Å². The quantitative estimate of drug-likeness (QED) is 0.895. The number of rotatable bonds is 3. The van der Waals surface area contributed by atoms with Crippen LogP contribution in [0.3, 0.4) is 0 Å². The summed E-state index contributed by atoms with van der Waals surface area (Å²) in [5.41, 5.74) is 4.89. The lowest BCUT2D eigenvalue weighted by atomic mass is 10.1. The fraction of sp³-hybridized carbons (Fsp3) is 0.368. The van der Waals surface area contributed by atoms with Gasteiger partial charge in [0.05, 0.1) is 13.2 Å². The van der Waals surface area contributed by atoms with Crippen LogP contribution >= 0.6 is 0 Å². The summed E-state index contributed by atoms with van der Waals surface area (Å²) in [6.07, 6.45) is 0.931. The second-order valence-electron chi connectivity index (χ2n) is 6.00. The van der Waals surface area contributed by atoms with E-state index in [1.54, 1.807) is 0 Å². The predicted octanol–water partition coefficient (Wildman–Crippen LogP) is 4.64. The van der Waals surface area contributed by atoms with Crippen LogP contribution in [0.15, 0.2) is 36.4 Å². The highest BCUT2D eigenvalue weighted by atomic mass is 16.5. The molecule has 2 aromatic rings. The van der Waals surface area contributed by atoms with E-state index in [-0.39, 0.29) is 6.04 Å². The highest BCUT2D eigenvalue weighted by molar-refractivity contribution is 5.51. The fourth-order valence-corrected chi connectivity index (χ4v) is 2.84. The van der Waals surface area contributed by atoms with Crippen molar-refractivity contribution in [1.29, 1.82) is 0 Å². The minimum atomic E-state index is 0.207. The normalized spacial score (nSPS) is 15.0. The molecule has 1 heterocycles. The number of hydrogen-bond donors (Lipinski definition) is 1. The molecule has 0 spiro atoms. The molecule has 0 fully saturated rings. The summed E-state index contributed by atoms with van der Waals surface area (Å²) >= 11 is 0. The molecule has 116 valence electrons. The van der Waals surface area contributed by atoms with Gasteiger partial charge in [0.1, 0.15) is 0 Å². The minimum Gasteiger partial charge on any atom is -0.490 e. The Bertz CT molecular complexity index is 646. The van der Waals surface area contributed by atoms with Gasteiger partial charge in [-0.25, -0.2) is 0 Å². The lowest BCUT2D eigenvalue weighted by Gasteiger charge is -2.18. The second-order valence-corrected chi connectivity index (χ2v) is 6.00. The van der Waals surface area contributed by atoms with Crippen LogP contribution in [0.4, 0.5) is 5.69 Å². The maximum Gasteiger partial charge on any atom is 0.161 e. The van der Waals surface area contributed by atoms with Gasteiger partial charge in [-0.15, -0.1) is 0 Å².